The van der Waals surface area contributed by atoms with Crippen LogP contribution in [0.15, 0.2) is 96.9 Å². The van der Waals surface area contributed by atoms with Crippen molar-refractivity contribution in [2.24, 2.45) is 0 Å². The highest BCUT2D eigenvalue weighted by Crippen LogP contribution is 2.32. The van der Waals surface area contributed by atoms with Gasteiger partial charge in [-0.3, -0.25) is 4.79 Å². The van der Waals surface area contributed by atoms with Crippen LogP contribution in [0.3, 0.4) is 0 Å². The average molecular weight is 532 g/mol. The Balaban J connectivity index is 1.43. The number of carboxylic acids is 1. The second-order valence-corrected chi connectivity index (χ2v) is 9.66. The van der Waals surface area contributed by atoms with E-state index in [-0.39, 0.29) is 6.42 Å². The van der Waals surface area contributed by atoms with Crippen LogP contribution in [0.2, 0.25) is 5.02 Å². The maximum Gasteiger partial charge on any atom is 0.326 e. The van der Waals surface area contributed by atoms with Gasteiger partial charge in [0.05, 0.1) is 5.69 Å². The molecular formula is C29H26ClN3O3S. The van der Waals surface area contributed by atoms with Gasteiger partial charge < -0.3 is 15.3 Å². The highest BCUT2D eigenvalue weighted by molar-refractivity contribution is 7.14. The molecular weight excluding hydrogens is 506 g/mol. The summed E-state index contributed by atoms with van der Waals surface area (Å²) in [5.74, 6) is -1.50. The fraction of sp³-hybridized carbons (Fsp3) is 0.138. The van der Waals surface area contributed by atoms with Gasteiger partial charge in [0.25, 0.3) is 5.91 Å². The van der Waals surface area contributed by atoms with E-state index in [1.54, 1.807) is 12.1 Å². The van der Waals surface area contributed by atoms with Crippen molar-refractivity contribution < 1.29 is 14.7 Å². The number of carboxylic acid groups (broad SMARTS) is 1. The summed E-state index contributed by atoms with van der Waals surface area (Å²) < 4.78 is 0. The molecule has 0 saturated carbocycles. The van der Waals surface area contributed by atoms with Crippen molar-refractivity contribution in [3.05, 3.63) is 119 Å². The summed E-state index contributed by atoms with van der Waals surface area (Å²) in [4.78, 5) is 31.3. The Kier molecular flexibility index (Phi) is 8.72. The number of nitrogens with zero attached hydrogens (tertiary/aromatic N) is 2. The molecule has 37 heavy (non-hydrogen) atoms. The molecule has 3 aromatic carbocycles. The van der Waals surface area contributed by atoms with E-state index in [1.807, 2.05) is 78.2 Å². The van der Waals surface area contributed by atoms with Gasteiger partial charge in [0.1, 0.15) is 6.04 Å². The van der Waals surface area contributed by atoms with Crippen LogP contribution in [0.1, 0.15) is 21.5 Å². The number of halogens is 1. The molecule has 1 amide bonds. The Morgan fingerprint density at radius 1 is 1.03 bits per heavy atom. The number of carbonyl (C=O) groups excluding carboxylic acids is 1. The van der Waals surface area contributed by atoms with Gasteiger partial charge in [-0.25, -0.2) is 9.78 Å². The lowest BCUT2D eigenvalue weighted by molar-refractivity contribution is -0.139. The minimum atomic E-state index is -1.08. The molecule has 2 N–H and O–H groups in total. The summed E-state index contributed by atoms with van der Waals surface area (Å²) in [7, 11) is 0. The summed E-state index contributed by atoms with van der Waals surface area (Å²) in [6, 6.07) is 22.9. The van der Waals surface area contributed by atoms with Gasteiger partial charge in [-0.05, 0) is 29.3 Å². The Labute approximate surface area is 224 Å². The molecule has 4 rings (SSSR count). The van der Waals surface area contributed by atoms with Crippen LogP contribution >= 0.6 is 22.9 Å². The normalized spacial score (nSPS) is 11.5. The van der Waals surface area contributed by atoms with E-state index >= 15 is 0 Å². The topological polar surface area (TPSA) is 82.5 Å². The third kappa shape index (κ3) is 6.84. The number of hydrogen-bond acceptors (Lipinski definition) is 5. The highest BCUT2D eigenvalue weighted by atomic mass is 35.5. The number of aliphatic carboxylic acids is 1. The molecule has 8 heteroatoms. The summed E-state index contributed by atoms with van der Waals surface area (Å²) in [6.07, 6.45) is 2.03. The molecule has 0 bridgehead atoms. The minimum absolute atomic E-state index is 0.209. The Hall–Kier alpha value is -3.94. The number of amides is 1. The molecule has 1 atom stereocenters. The van der Waals surface area contributed by atoms with Gasteiger partial charge in [-0.15, -0.1) is 17.9 Å². The largest absolute Gasteiger partial charge is 0.480 e. The maximum absolute atomic E-state index is 12.8. The van der Waals surface area contributed by atoms with Gasteiger partial charge in [-0.1, -0.05) is 78.3 Å². The fourth-order valence-corrected chi connectivity index (χ4v) is 4.91. The smallest absolute Gasteiger partial charge is 0.326 e. The van der Waals surface area contributed by atoms with Crippen LogP contribution in [-0.2, 0) is 17.8 Å². The predicted octanol–water partition coefficient (Wildman–Crippen LogP) is 6.08. The van der Waals surface area contributed by atoms with Crippen molar-refractivity contribution >= 4 is 39.9 Å². The standard InChI is InChI=1S/C29H26ClN3O3S/c1-2-16-33(29-32-26(19-37-29)23-10-6-7-11-24(23)30)18-21-12-14-22(15-13-21)27(34)31-25(28(35)36)17-20-8-4-3-5-9-20/h2-15,19,25H,1,16-18H2,(H,31,34)(H,35,36). The zero-order chi connectivity index (χ0) is 26.2. The predicted molar refractivity (Wildman–Crippen MR) is 149 cm³/mol. The summed E-state index contributed by atoms with van der Waals surface area (Å²) in [6.45, 7) is 5.03. The van der Waals surface area contributed by atoms with E-state index in [9.17, 15) is 14.7 Å². The molecule has 0 aliphatic heterocycles. The fourth-order valence-electron chi connectivity index (χ4n) is 3.84. The van der Waals surface area contributed by atoms with Crippen LogP contribution in [0.25, 0.3) is 11.3 Å². The van der Waals surface area contributed by atoms with Gasteiger partial charge in [0.15, 0.2) is 5.13 Å². The number of benzene rings is 3. The number of rotatable bonds is 11. The molecule has 0 aliphatic rings. The number of carbonyl (C=O) groups is 2. The van der Waals surface area contributed by atoms with Crippen molar-refractivity contribution in [2.75, 3.05) is 11.4 Å². The first-order valence-electron chi connectivity index (χ1n) is 11.7. The molecule has 1 unspecified atom stereocenters. The summed E-state index contributed by atoms with van der Waals surface area (Å²) >= 11 is 7.86. The van der Waals surface area contributed by atoms with Crippen LogP contribution in [0.5, 0.6) is 0 Å². The van der Waals surface area contributed by atoms with E-state index in [1.165, 1.54) is 11.3 Å². The quantitative estimate of drug-likeness (QED) is 0.229. The first kappa shape index (κ1) is 26.1. The van der Waals surface area contributed by atoms with E-state index in [4.69, 9.17) is 16.6 Å². The van der Waals surface area contributed by atoms with Crippen molar-refractivity contribution in [3.8, 4) is 11.3 Å². The molecule has 4 aromatic rings. The molecule has 0 fully saturated rings. The molecule has 0 radical (unpaired) electrons. The monoisotopic (exact) mass is 531 g/mol. The third-order valence-corrected chi connectivity index (χ3v) is 6.97. The maximum atomic E-state index is 12.8. The molecule has 0 saturated heterocycles. The van der Waals surface area contributed by atoms with Crippen LogP contribution < -0.4 is 10.2 Å². The number of aromatic nitrogens is 1. The summed E-state index contributed by atoms with van der Waals surface area (Å²) in [5.41, 5.74) is 3.91. The minimum Gasteiger partial charge on any atom is -0.480 e. The SMILES string of the molecule is C=CCN(Cc1ccc(C(=O)NC(Cc2ccccc2)C(=O)O)cc1)c1nc(-c2ccccc2Cl)cs1. The lowest BCUT2D eigenvalue weighted by Gasteiger charge is -2.20. The van der Waals surface area contributed by atoms with E-state index in [0.717, 1.165) is 27.5 Å². The molecule has 0 spiro atoms. The number of hydrogen-bond donors (Lipinski definition) is 2. The van der Waals surface area contributed by atoms with E-state index in [2.05, 4.69) is 16.8 Å². The van der Waals surface area contributed by atoms with Crippen molar-refractivity contribution in [1.29, 1.82) is 0 Å². The average Bonchev–Trinajstić information content (AvgIpc) is 3.39. The van der Waals surface area contributed by atoms with Crippen LogP contribution in [0, 0.1) is 0 Å². The third-order valence-electron chi connectivity index (χ3n) is 5.74. The van der Waals surface area contributed by atoms with Crippen molar-refractivity contribution in [1.82, 2.24) is 10.3 Å². The number of anilines is 1. The number of thiazole rings is 1. The molecule has 188 valence electrons. The molecule has 1 heterocycles. The van der Waals surface area contributed by atoms with Crippen LogP contribution in [-0.4, -0.2) is 34.6 Å². The first-order chi connectivity index (χ1) is 17.9. The lowest BCUT2D eigenvalue weighted by atomic mass is 10.1. The second-order valence-electron chi connectivity index (χ2n) is 8.42. The van der Waals surface area contributed by atoms with Gasteiger partial charge in [-0.2, -0.15) is 0 Å². The second kappa shape index (κ2) is 12.3. The van der Waals surface area contributed by atoms with Crippen molar-refractivity contribution in [3.63, 3.8) is 0 Å². The van der Waals surface area contributed by atoms with Gasteiger partial charge in [0, 0.05) is 41.0 Å². The zero-order valence-electron chi connectivity index (χ0n) is 20.0. The Morgan fingerprint density at radius 2 is 1.73 bits per heavy atom. The first-order valence-corrected chi connectivity index (χ1v) is 12.9. The summed E-state index contributed by atoms with van der Waals surface area (Å²) in [5, 5.41) is 15.7. The Morgan fingerprint density at radius 3 is 2.41 bits per heavy atom. The Bertz CT molecular complexity index is 1370. The lowest BCUT2D eigenvalue weighted by Crippen LogP contribution is -2.42. The van der Waals surface area contributed by atoms with Gasteiger partial charge >= 0.3 is 5.97 Å². The number of nitrogens with one attached hydrogen (secondary N) is 1. The highest BCUT2D eigenvalue weighted by Gasteiger charge is 2.21. The molecule has 1 aromatic heterocycles. The van der Waals surface area contributed by atoms with E-state index in [0.29, 0.717) is 23.7 Å². The molecule has 0 aliphatic carbocycles. The van der Waals surface area contributed by atoms with Crippen LogP contribution in [0.4, 0.5) is 5.13 Å². The molecule has 6 nitrogen and oxygen atoms in total. The zero-order valence-corrected chi connectivity index (χ0v) is 21.6. The van der Waals surface area contributed by atoms with Gasteiger partial charge in [0.2, 0.25) is 0 Å². The van der Waals surface area contributed by atoms with E-state index < -0.39 is 17.9 Å². The van der Waals surface area contributed by atoms with Crippen molar-refractivity contribution in [2.45, 2.75) is 19.0 Å².